The van der Waals surface area contributed by atoms with Crippen LogP contribution in [0.2, 0.25) is 0 Å². The van der Waals surface area contributed by atoms with Gasteiger partial charge in [0, 0.05) is 24.3 Å². The van der Waals surface area contributed by atoms with Crippen molar-refractivity contribution in [3.05, 3.63) is 59.2 Å². The Morgan fingerprint density at radius 3 is 2.48 bits per heavy atom. The lowest BCUT2D eigenvalue weighted by Gasteiger charge is -2.10. The fourth-order valence-electron chi connectivity index (χ4n) is 2.27. The van der Waals surface area contributed by atoms with Crippen LogP contribution in [-0.4, -0.2) is 12.5 Å². The number of hydrogen-bond donors (Lipinski definition) is 2. The molecule has 0 aromatic heterocycles. The largest absolute Gasteiger partial charge is 0.384 e. The summed E-state index contributed by atoms with van der Waals surface area (Å²) in [4.78, 5) is 11.9. The van der Waals surface area contributed by atoms with Gasteiger partial charge in [-0.25, -0.2) is 0 Å². The fraction of sp³-hybridized carbons (Fsp3) is 0.278. The highest BCUT2D eigenvalue weighted by Gasteiger charge is 2.03. The van der Waals surface area contributed by atoms with E-state index in [1.165, 1.54) is 11.1 Å². The van der Waals surface area contributed by atoms with Crippen molar-refractivity contribution in [2.75, 3.05) is 17.2 Å². The molecule has 110 valence electrons. The van der Waals surface area contributed by atoms with Crippen LogP contribution in [0.5, 0.6) is 0 Å². The molecular weight excluding hydrogens is 260 g/mol. The Hall–Kier alpha value is -2.29. The molecule has 0 fully saturated rings. The van der Waals surface area contributed by atoms with Gasteiger partial charge in [-0.2, -0.15) is 0 Å². The first-order valence-corrected chi connectivity index (χ1v) is 7.22. The van der Waals surface area contributed by atoms with Crippen molar-refractivity contribution in [1.82, 2.24) is 0 Å². The zero-order chi connectivity index (χ0) is 15.2. The molecule has 0 aliphatic rings. The van der Waals surface area contributed by atoms with E-state index in [9.17, 15) is 4.79 Å². The Kier molecular flexibility index (Phi) is 4.99. The van der Waals surface area contributed by atoms with Crippen molar-refractivity contribution < 1.29 is 4.79 Å². The standard InChI is InChI=1S/C18H22N2O/c1-13-5-4-6-16(12-13)20-18(21)9-10-19-17-8-7-14(2)11-15(17)3/h4-8,11-12,19H,9-10H2,1-3H3,(H,20,21). The van der Waals surface area contributed by atoms with Gasteiger partial charge in [-0.3, -0.25) is 4.79 Å². The number of aryl methyl sites for hydroxylation is 3. The SMILES string of the molecule is Cc1cccc(NC(=O)CCNc2ccc(C)cc2C)c1. The molecule has 0 aliphatic carbocycles. The molecular formula is C18H22N2O. The third-order valence-electron chi connectivity index (χ3n) is 3.35. The van der Waals surface area contributed by atoms with Gasteiger partial charge in [0.05, 0.1) is 0 Å². The summed E-state index contributed by atoms with van der Waals surface area (Å²) in [6.07, 6.45) is 0.446. The van der Waals surface area contributed by atoms with Gasteiger partial charge in [0.2, 0.25) is 5.91 Å². The van der Waals surface area contributed by atoms with Crippen LogP contribution in [0.25, 0.3) is 0 Å². The normalized spacial score (nSPS) is 10.2. The van der Waals surface area contributed by atoms with Crippen LogP contribution in [0.15, 0.2) is 42.5 Å². The van der Waals surface area contributed by atoms with Gasteiger partial charge < -0.3 is 10.6 Å². The second-order valence-electron chi connectivity index (χ2n) is 5.41. The van der Waals surface area contributed by atoms with Gasteiger partial charge in [0.15, 0.2) is 0 Å². The molecule has 3 heteroatoms. The number of carbonyl (C=O) groups excluding carboxylic acids is 1. The number of carbonyl (C=O) groups is 1. The topological polar surface area (TPSA) is 41.1 Å². The second kappa shape index (κ2) is 6.93. The van der Waals surface area contributed by atoms with Gasteiger partial charge in [0.1, 0.15) is 0 Å². The van der Waals surface area contributed by atoms with Crippen LogP contribution >= 0.6 is 0 Å². The quantitative estimate of drug-likeness (QED) is 0.868. The minimum atomic E-state index is 0.0258. The van der Waals surface area contributed by atoms with E-state index in [0.29, 0.717) is 13.0 Å². The summed E-state index contributed by atoms with van der Waals surface area (Å²) in [5.41, 5.74) is 5.53. The summed E-state index contributed by atoms with van der Waals surface area (Å²) in [7, 11) is 0. The highest BCUT2D eigenvalue weighted by atomic mass is 16.1. The van der Waals surface area contributed by atoms with Crippen molar-refractivity contribution in [2.45, 2.75) is 27.2 Å². The predicted molar refractivity (Wildman–Crippen MR) is 88.8 cm³/mol. The summed E-state index contributed by atoms with van der Waals surface area (Å²) in [5, 5.41) is 6.22. The fourth-order valence-corrected chi connectivity index (χ4v) is 2.27. The van der Waals surface area contributed by atoms with Crippen molar-refractivity contribution in [2.24, 2.45) is 0 Å². The van der Waals surface area contributed by atoms with E-state index in [0.717, 1.165) is 16.9 Å². The van der Waals surface area contributed by atoms with Crippen LogP contribution in [0.1, 0.15) is 23.1 Å². The summed E-state index contributed by atoms with van der Waals surface area (Å²) in [6.45, 7) is 6.78. The third-order valence-corrected chi connectivity index (χ3v) is 3.35. The first-order chi connectivity index (χ1) is 10.0. The van der Waals surface area contributed by atoms with Crippen molar-refractivity contribution in [3.8, 4) is 0 Å². The maximum Gasteiger partial charge on any atom is 0.226 e. The van der Waals surface area contributed by atoms with Gasteiger partial charge in [0.25, 0.3) is 0 Å². The van der Waals surface area contributed by atoms with E-state index in [4.69, 9.17) is 0 Å². The lowest BCUT2D eigenvalue weighted by Crippen LogP contribution is -2.16. The highest BCUT2D eigenvalue weighted by Crippen LogP contribution is 2.16. The molecule has 0 spiro atoms. The average molecular weight is 282 g/mol. The van der Waals surface area contributed by atoms with Crippen molar-refractivity contribution >= 4 is 17.3 Å². The predicted octanol–water partition coefficient (Wildman–Crippen LogP) is 4.05. The lowest BCUT2D eigenvalue weighted by molar-refractivity contribution is -0.115. The molecule has 0 atom stereocenters. The average Bonchev–Trinajstić information content (AvgIpc) is 2.41. The van der Waals surface area contributed by atoms with Crippen LogP contribution in [-0.2, 0) is 4.79 Å². The van der Waals surface area contributed by atoms with E-state index < -0.39 is 0 Å². The van der Waals surface area contributed by atoms with Gasteiger partial charge in [-0.05, 0) is 50.1 Å². The number of hydrogen-bond acceptors (Lipinski definition) is 2. The van der Waals surface area contributed by atoms with Gasteiger partial charge in [-0.15, -0.1) is 0 Å². The third kappa shape index (κ3) is 4.63. The minimum Gasteiger partial charge on any atom is -0.384 e. The van der Waals surface area contributed by atoms with E-state index in [1.54, 1.807) is 0 Å². The van der Waals surface area contributed by atoms with Crippen LogP contribution in [0.4, 0.5) is 11.4 Å². The molecule has 21 heavy (non-hydrogen) atoms. The second-order valence-corrected chi connectivity index (χ2v) is 5.41. The van der Waals surface area contributed by atoms with Gasteiger partial charge >= 0.3 is 0 Å². The summed E-state index contributed by atoms with van der Waals surface area (Å²) in [6, 6.07) is 14.1. The van der Waals surface area contributed by atoms with E-state index >= 15 is 0 Å². The molecule has 0 saturated carbocycles. The molecule has 2 rings (SSSR count). The van der Waals surface area contributed by atoms with E-state index in [1.807, 2.05) is 31.2 Å². The monoisotopic (exact) mass is 282 g/mol. The summed E-state index contributed by atoms with van der Waals surface area (Å²) < 4.78 is 0. The number of nitrogens with one attached hydrogen (secondary N) is 2. The molecule has 0 heterocycles. The molecule has 0 radical (unpaired) electrons. The molecule has 0 unspecified atom stereocenters. The highest BCUT2D eigenvalue weighted by molar-refractivity contribution is 5.91. The zero-order valence-electron chi connectivity index (χ0n) is 12.9. The van der Waals surface area contributed by atoms with Gasteiger partial charge in [-0.1, -0.05) is 29.8 Å². The summed E-state index contributed by atoms with van der Waals surface area (Å²) >= 11 is 0. The van der Waals surface area contributed by atoms with Crippen molar-refractivity contribution in [3.63, 3.8) is 0 Å². The molecule has 0 saturated heterocycles. The Bertz CT molecular complexity index is 635. The smallest absolute Gasteiger partial charge is 0.226 e. The molecule has 1 amide bonds. The number of anilines is 2. The Balaban J connectivity index is 1.81. The summed E-state index contributed by atoms with van der Waals surface area (Å²) in [5.74, 6) is 0.0258. The lowest BCUT2D eigenvalue weighted by atomic mass is 10.1. The Morgan fingerprint density at radius 2 is 1.76 bits per heavy atom. The first-order valence-electron chi connectivity index (χ1n) is 7.22. The van der Waals surface area contributed by atoms with E-state index in [-0.39, 0.29) is 5.91 Å². The van der Waals surface area contributed by atoms with Crippen LogP contribution in [0, 0.1) is 20.8 Å². The number of rotatable bonds is 5. The molecule has 0 bridgehead atoms. The van der Waals surface area contributed by atoms with Crippen LogP contribution in [0.3, 0.4) is 0 Å². The van der Waals surface area contributed by atoms with Crippen molar-refractivity contribution in [1.29, 1.82) is 0 Å². The molecule has 0 aliphatic heterocycles. The number of benzene rings is 2. The Labute approximate surface area is 126 Å². The molecule has 2 aromatic rings. The van der Waals surface area contributed by atoms with E-state index in [2.05, 4.69) is 42.7 Å². The maximum absolute atomic E-state index is 11.9. The minimum absolute atomic E-state index is 0.0258. The maximum atomic E-state index is 11.9. The number of amides is 1. The molecule has 2 aromatic carbocycles. The molecule has 3 nitrogen and oxygen atoms in total. The molecule has 2 N–H and O–H groups in total. The first kappa shape index (κ1) is 15.1. The zero-order valence-corrected chi connectivity index (χ0v) is 12.9. The Morgan fingerprint density at radius 1 is 1.00 bits per heavy atom. The van der Waals surface area contributed by atoms with Crippen LogP contribution < -0.4 is 10.6 Å².